The average Bonchev–Trinajstić information content (AvgIpc) is 3.36. The average molecular weight is 478 g/mol. The Kier molecular flexibility index (Phi) is 7.50. The van der Waals surface area contributed by atoms with Crippen molar-refractivity contribution in [2.75, 3.05) is 50.8 Å². The summed E-state index contributed by atoms with van der Waals surface area (Å²) in [7, 11) is -3.63. The Hall–Kier alpha value is -1.94. The molecule has 32 heavy (non-hydrogen) atoms. The summed E-state index contributed by atoms with van der Waals surface area (Å²) in [4.78, 5) is 18.9. The summed E-state index contributed by atoms with van der Waals surface area (Å²) in [5.74, 6) is -0.141. The highest BCUT2D eigenvalue weighted by Crippen LogP contribution is 2.29. The number of carbonyl (C=O) groups excluding carboxylic acids is 1. The molecule has 0 radical (unpaired) electrons. The zero-order chi connectivity index (χ0) is 22.6. The molecule has 2 aromatic rings. The summed E-state index contributed by atoms with van der Waals surface area (Å²) in [5.41, 5.74) is 1.23. The van der Waals surface area contributed by atoms with Crippen LogP contribution >= 0.6 is 11.3 Å². The minimum absolute atomic E-state index is 0.141. The fraction of sp³-hybridized carbons (Fsp3) is 0.522. The molecule has 2 aliphatic heterocycles. The van der Waals surface area contributed by atoms with Crippen LogP contribution in [-0.2, 0) is 21.3 Å². The van der Waals surface area contributed by atoms with Crippen LogP contribution in [0.15, 0.2) is 40.6 Å². The number of anilines is 1. The van der Waals surface area contributed by atoms with Gasteiger partial charge < -0.3 is 14.5 Å². The van der Waals surface area contributed by atoms with Crippen molar-refractivity contribution in [1.82, 2.24) is 9.21 Å². The van der Waals surface area contributed by atoms with Crippen LogP contribution in [0.1, 0.15) is 41.4 Å². The molecule has 4 rings (SSSR count). The van der Waals surface area contributed by atoms with Crippen LogP contribution in [0.4, 0.5) is 5.69 Å². The zero-order valence-corrected chi connectivity index (χ0v) is 20.2. The standard InChI is InChI=1S/C23H31N3O4S2/c1-2-24(18-19-7-6-16-31-19)23(27)21-17-20(32(28,29)26-10-4-3-5-11-26)8-9-22(21)25-12-14-30-15-13-25/h6-9,16-17H,2-5,10-15,18H2,1H3. The molecule has 9 heteroatoms. The van der Waals surface area contributed by atoms with Gasteiger partial charge >= 0.3 is 0 Å². The SMILES string of the molecule is CCN(Cc1cccs1)C(=O)c1cc(S(=O)(=O)N2CCCCC2)ccc1N1CCOCC1. The van der Waals surface area contributed by atoms with Gasteiger partial charge in [-0.15, -0.1) is 11.3 Å². The Morgan fingerprint density at radius 2 is 1.84 bits per heavy atom. The van der Waals surface area contributed by atoms with E-state index < -0.39 is 10.0 Å². The molecule has 0 bridgehead atoms. The smallest absolute Gasteiger partial charge is 0.256 e. The van der Waals surface area contributed by atoms with Gasteiger partial charge in [-0.05, 0) is 49.4 Å². The highest BCUT2D eigenvalue weighted by atomic mass is 32.2. The summed E-state index contributed by atoms with van der Waals surface area (Å²) in [5, 5.41) is 2.00. The van der Waals surface area contributed by atoms with Crippen LogP contribution in [0.2, 0.25) is 0 Å². The number of hydrogen-bond acceptors (Lipinski definition) is 6. The minimum Gasteiger partial charge on any atom is -0.378 e. The first-order valence-electron chi connectivity index (χ1n) is 11.3. The Morgan fingerprint density at radius 3 is 2.50 bits per heavy atom. The van der Waals surface area contributed by atoms with Crippen molar-refractivity contribution in [3.63, 3.8) is 0 Å². The second-order valence-corrected chi connectivity index (χ2v) is 11.1. The van der Waals surface area contributed by atoms with Crippen LogP contribution < -0.4 is 4.90 Å². The van der Waals surface area contributed by atoms with Crippen LogP contribution in [0.5, 0.6) is 0 Å². The first-order chi connectivity index (χ1) is 15.5. The van der Waals surface area contributed by atoms with Gasteiger partial charge in [-0.3, -0.25) is 4.79 Å². The second kappa shape index (κ2) is 10.3. The molecule has 1 aromatic carbocycles. The molecule has 0 aliphatic carbocycles. The fourth-order valence-electron chi connectivity index (χ4n) is 4.27. The molecule has 0 atom stereocenters. The van der Waals surface area contributed by atoms with Crippen molar-refractivity contribution in [2.24, 2.45) is 0 Å². The van der Waals surface area contributed by atoms with E-state index in [0.29, 0.717) is 58.0 Å². The van der Waals surface area contributed by atoms with Crippen molar-refractivity contribution >= 4 is 33.0 Å². The van der Waals surface area contributed by atoms with Gasteiger partial charge in [0, 0.05) is 43.3 Å². The number of carbonyl (C=O) groups is 1. The number of morpholine rings is 1. The molecule has 1 aromatic heterocycles. The molecule has 0 saturated carbocycles. The van der Waals surface area contributed by atoms with Gasteiger partial charge in [0.15, 0.2) is 0 Å². The Balaban J connectivity index is 1.70. The number of piperidine rings is 1. The van der Waals surface area contributed by atoms with Gasteiger partial charge in [0.25, 0.3) is 5.91 Å². The van der Waals surface area contributed by atoms with Crippen molar-refractivity contribution < 1.29 is 17.9 Å². The zero-order valence-electron chi connectivity index (χ0n) is 18.5. The first kappa shape index (κ1) is 23.2. The minimum atomic E-state index is -3.63. The Bertz CT molecular complexity index is 1010. The highest BCUT2D eigenvalue weighted by Gasteiger charge is 2.29. The lowest BCUT2D eigenvalue weighted by atomic mass is 10.1. The third kappa shape index (κ3) is 5.01. The van der Waals surface area contributed by atoms with Crippen molar-refractivity contribution in [3.8, 4) is 0 Å². The molecule has 2 fully saturated rings. The van der Waals surface area contributed by atoms with E-state index in [4.69, 9.17) is 4.74 Å². The van der Waals surface area contributed by atoms with E-state index in [1.54, 1.807) is 38.7 Å². The number of nitrogens with zero attached hydrogens (tertiary/aromatic N) is 3. The largest absolute Gasteiger partial charge is 0.378 e. The maximum Gasteiger partial charge on any atom is 0.256 e. The van der Waals surface area contributed by atoms with Crippen LogP contribution in [0.25, 0.3) is 0 Å². The van der Waals surface area contributed by atoms with Crippen molar-refractivity contribution in [3.05, 3.63) is 46.2 Å². The molecule has 1 amide bonds. The number of thiophene rings is 1. The van der Waals surface area contributed by atoms with E-state index >= 15 is 0 Å². The third-order valence-corrected chi connectivity index (χ3v) is 8.85. The molecule has 3 heterocycles. The molecule has 2 aliphatic rings. The van der Waals surface area contributed by atoms with E-state index in [1.807, 2.05) is 24.4 Å². The second-order valence-electron chi connectivity index (χ2n) is 8.14. The number of sulfonamides is 1. The lowest BCUT2D eigenvalue weighted by Crippen LogP contribution is -2.39. The normalized spacial score (nSPS) is 18.0. The van der Waals surface area contributed by atoms with Crippen molar-refractivity contribution in [2.45, 2.75) is 37.6 Å². The van der Waals surface area contributed by atoms with Gasteiger partial charge in [-0.1, -0.05) is 12.5 Å². The van der Waals surface area contributed by atoms with Gasteiger partial charge in [0.05, 0.1) is 30.2 Å². The number of benzene rings is 1. The maximum absolute atomic E-state index is 13.7. The number of ether oxygens (including phenoxy) is 1. The molecular formula is C23H31N3O4S2. The molecule has 7 nitrogen and oxygen atoms in total. The lowest BCUT2D eigenvalue weighted by Gasteiger charge is -2.32. The molecular weight excluding hydrogens is 446 g/mol. The van der Waals surface area contributed by atoms with E-state index in [0.717, 1.165) is 29.8 Å². The van der Waals surface area contributed by atoms with Gasteiger partial charge in [0.2, 0.25) is 10.0 Å². The highest BCUT2D eigenvalue weighted by molar-refractivity contribution is 7.89. The first-order valence-corrected chi connectivity index (χ1v) is 13.6. The maximum atomic E-state index is 13.7. The summed E-state index contributed by atoms with van der Waals surface area (Å²) < 4.78 is 33.7. The topological polar surface area (TPSA) is 70.2 Å². The predicted molar refractivity (Wildman–Crippen MR) is 127 cm³/mol. The fourth-order valence-corrected chi connectivity index (χ4v) is 6.53. The van der Waals surface area contributed by atoms with Crippen LogP contribution in [-0.4, -0.2) is 69.5 Å². The van der Waals surface area contributed by atoms with E-state index in [-0.39, 0.29) is 10.8 Å². The number of amides is 1. The summed E-state index contributed by atoms with van der Waals surface area (Å²) in [6, 6.07) is 9.04. The molecule has 174 valence electrons. The molecule has 0 spiro atoms. The van der Waals surface area contributed by atoms with Gasteiger partial charge in [0.1, 0.15) is 0 Å². The Labute approximate surface area is 194 Å². The van der Waals surface area contributed by atoms with Crippen LogP contribution in [0.3, 0.4) is 0 Å². The monoisotopic (exact) mass is 477 g/mol. The number of hydrogen-bond donors (Lipinski definition) is 0. The molecule has 2 saturated heterocycles. The lowest BCUT2D eigenvalue weighted by molar-refractivity contribution is 0.0753. The quantitative estimate of drug-likeness (QED) is 0.611. The molecule has 0 unspecified atom stereocenters. The summed E-state index contributed by atoms with van der Waals surface area (Å²) in [6.07, 6.45) is 2.81. The van der Waals surface area contributed by atoms with Gasteiger partial charge in [-0.2, -0.15) is 4.31 Å². The molecule has 0 N–H and O–H groups in total. The third-order valence-electron chi connectivity index (χ3n) is 6.10. The summed E-state index contributed by atoms with van der Waals surface area (Å²) >= 11 is 1.61. The van der Waals surface area contributed by atoms with E-state index in [9.17, 15) is 13.2 Å². The number of rotatable bonds is 7. The van der Waals surface area contributed by atoms with E-state index in [1.165, 1.54) is 0 Å². The Morgan fingerprint density at radius 1 is 1.09 bits per heavy atom. The summed E-state index contributed by atoms with van der Waals surface area (Å²) in [6.45, 7) is 6.62. The van der Waals surface area contributed by atoms with Crippen LogP contribution in [0, 0.1) is 0 Å². The van der Waals surface area contributed by atoms with Crippen molar-refractivity contribution in [1.29, 1.82) is 0 Å². The van der Waals surface area contributed by atoms with E-state index in [2.05, 4.69) is 4.90 Å². The van der Waals surface area contributed by atoms with Gasteiger partial charge in [-0.25, -0.2) is 8.42 Å². The predicted octanol–water partition coefficient (Wildman–Crippen LogP) is 3.42.